The van der Waals surface area contributed by atoms with E-state index in [4.69, 9.17) is 0 Å². The molecule has 0 aromatic heterocycles. The number of halogens is 3. The van der Waals surface area contributed by atoms with Crippen molar-refractivity contribution in [2.45, 2.75) is 25.9 Å². The third-order valence-electron chi connectivity index (χ3n) is 1.46. The molecular weight excluding hydrogens is 179 g/mol. The minimum Gasteiger partial charge on any atom is -0.239 e. The number of hydrogen-bond acceptors (Lipinski definition) is 1. The summed E-state index contributed by atoms with van der Waals surface area (Å²) < 4.78 is 36.3. The zero-order chi connectivity index (χ0) is 9.90. The van der Waals surface area contributed by atoms with Crippen molar-refractivity contribution in [3.8, 4) is 0 Å². The predicted octanol–water partition coefficient (Wildman–Crippen LogP) is 3.00. The van der Waals surface area contributed by atoms with Gasteiger partial charge in [-0.3, -0.25) is 0 Å². The lowest BCUT2D eigenvalue weighted by Gasteiger charge is -2.07. The van der Waals surface area contributed by atoms with Crippen LogP contribution in [0.5, 0.6) is 0 Å². The minimum atomic E-state index is -4.38. The lowest BCUT2D eigenvalue weighted by atomic mass is 10.2. The van der Waals surface area contributed by atoms with Crippen molar-refractivity contribution in [2.24, 2.45) is 4.99 Å². The molecule has 0 aromatic carbocycles. The molecule has 1 aliphatic rings. The van der Waals surface area contributed by atoms with Gasteiger partial charge in [0.2, 0.25) is 0 Å². The third-order valence-corrected chi connectivity index (χ3v) is 1.46. The lowest BCUT2D eigenvalue weighted by molar-refractivity contribution is -0.0577. The highest BCUT2D eigenvalue weighted by Gasteiger charge is 2.34. The Morgan fingerprint density at radius 1 is 1.46 bits per heavy atom. The van der Waals surface area contributed by atoms with Crippen molar-refractivity contribution in [1.82, 2.24) is 0 Å². The van der Waals surface area contributed by atoms with Crippen molar-refractivity contribution in [1.29, 1.82) is 0 Å². The van der Waals surface area contributed by atoms with E-state index in [0.717, 1.165) is 12.5 Å². The van der Waals surface area contributed by atoms with Gasteiger partial charge in [0.05, 0.1) is 5.70 Å². The van der Waals surface area contributed by atoms with E-state index >= 15 is 0 Å². The normalized spacial score (nSPS) is 15.7. The van der Waals surface area contributed by atoms with Crippen molar-refractivity contribution in [3.05, 3.63) is 23.2 Å². The number of aliphatic imine (C=N–C) groups is 1. The van der Waals surface area contributed by atoms with E-state index in [2.05, 4.69) is 16.5 Å². The Morgan fingerprint density at radius 3 is 2.69 bits per heavy atom. The van der Waals surface area contributed by atoms with Crippen molar-refractivity contribution in [2.75, 3.05) is 0 Å². The van der Waals surface area contributed by atoms with Gasteiger partial charge in [0.1, 0.15) is 0 Å². The number of rotatable bonds is 2. The summed E-state index contributed by atoms with van der Waals surface area (Å²) in [5.74, 6) is 0. The molecule has 0 atom stereocenters. The van der Waals surface area contributed by atoms with Gasteiger partial charge in [-0.2, -0.15) is 13.2 Å². The van der Waals surface area contributed by atoms with Crippen LogP contribution in [0.3, 0.4) is 0 Å². The molecule has 1 nitrogen and oxygen atoms in total. The molecule has 0 unspecified atom stereocenters. The summed E-state index contributed by atoms with van der Waals surface area (Å²) in [6, 6.07) is 0. The number of alkyl halides is 3. The Kier molecular flexibility index (Phi) is 2.76. The summed E-state index contributed by atoms with van der Waals surface area (Å²) >= 11 is 0. The van der Waals surface area contributed by atoms with Crippen molar-refractivity contribution in [3.63, 3.8) is 0 Å². The molecule has 1 rings (SSSR count). The molecule has 1 aliphatic heterocycles. The fraction of sp³-hybridized carbons (Fsp3) is 0.444. The zero-order valence-electron chi connectivity index (χ0n) is 7.07. The van der Waals surface area contributed by atoms with E-state index in [0.29, 0.717) is 12.1 Å². The van der Waals surface area contributed by atoms with Crippen LogP contribution in [0.1, 0.15) is 19.8 Å². The maximum absolute atomic E-state index is 12.1. The Balaban J connectivity index is 2.89. The molecule has 0 aromatic rings. The topological polar surface area (TPSA) is 12.4 Å². The van der Waals surface area contributed by atoms with Crippen molar-refractivity contribution >= 4 is 5.71 Å². The summed E-state index contributed by atoms with van der Waals surface area (Å²) in [4.78, 5) is 3.42. The maximum atomic E-state index is 12.1. The molecule has 13 heavy (non-hydrogen) atoms. The summed E-state index contributed by atoms with van der Waals surface area (Å²) in [6.45, 7) is 1.87. The quantitative estimate of drug-likeness (QED) is 0.589. The second-order valence-corrected chi connectivity index (χ2v) is 2.61. The third kappa shape index (κ3) is 2.62. The van der Waals surface area contributed by atoms with Crippen LogP contribution >= 0.6 is 0 Å². The molecule has 0 saturated carbocycles. The highest BCUT2D eigenvalue weighted by atomic mass is 19.4. The molecule has 0 spiro atoms. The molecular formula is C9H8F3N. The Labute approximate surface area is 74.0 Å². The predicted molar refractivity (Wildman–Crippen MR) is 43.5 cm³/mol. The second kappa shape index (κ2) is 3.65. The Bertz CT molecular complexity index is 323. The molecule has 0 amide bonds. The Hall–Kier alpha value is -1.24. The first-order valence-corrected chi connectivity index (χ1v) is 3.90. The lowest BCUT2D eigenvalue weighted by Crippen LogP contribution is -2.21. The van der Waals surface area contributed by atoms with E-state index in [1.54, 1.807) is 0 Å². The van der Waals surface area contributed by atoms with Crippen LogP contribution in [0.4, 0.5) is 13.2 Å². The average Bonchev–Trinajstić information content (AvgIpc) is 2.04. The van der Waals surface area contributed by atoms with E-state index < -0.39 is 11.9 Å². The molecule has 1 heterocycles. The van der Waals surface area contributed by atoms with Crippen LogP contribution in [-0.4, -0.2) is 11.9 Å². The van der Waals surface area contributed by atoms with E-state index in [9.17, 15) is 13.2 Å². The van der Waals surface area contributed by atoms with E-state index in [1.807, 2.05) is 6.92 Å². The fourth-order valence-electron chi connectivity index (χ4n) is 0.894. The Morgan fingerprint density at radius 2 is 2.15 bits per heavy atom. The molecule has 0 N–H and O–H groups in total. The minimum absolute atomic E-state index is 0.317. The second-order valence-electron chi connectivity index (χ2n) is 2.61. The summed E-state index contributed by atoms with van der Waals surface area (Å²) in [5.41, 5.74) is 4.28. The van der Waals surface area contributed by atoms with E-state index in [1.165, 1.54) is 0 Å². The first kappa shape index (κ1) is 9.85. The van der Waals surface area contributed by atoms with Gasteiger partial charge in [0.15, 0.2) is 5.71 Å². The van der Waals surface area contributed by atoms with Crippen LogP contribution in [0, 0.1) is 0 Å². The molecule has 0 fully saturated rings. The van der Waals surface area contributed by atoms with Gasteiger partial charge in [-0.15, -0.1) is 0 Å². The number of hydrogen-bond donors (Lipinski definition) is 0. The number of nitrogens with zero attached hydrogens (tertiary/aromatic N) is 1. The molecule has 70 valence electrons. The summed E-state index contributed by atoms with van der Waals surface area (Å²) in [5, 5.41) is 0. The molecule has 0 radical (unpaired) electrons. The van der Waals surface area contributed by atoms with Crippen LogP contribution in [0.2, 0.25) is 0 Å². The molecule has 0 bridgehead atoms. The summed E-state index contributed by atoms with van der Waals surface area (Å²) in [6.07, 6.45) is -2.33. The van der Waals surface area contributed by atoms with Crippen molar-refractivity contribution < 1.29 is 13.2 Å². The fourth-order valence-corrected chi connectivity index (χ4v) is 0.894. The SMILES string of the molecule is CCCC1=C=C=CC(C(F)(F)F)=N1. The van der Waals surface area contributed by atoms with Crippen LogP contribution in [-0.2, 0) is 0 Å². The van der Waals surface area contributed by atoms with Crippen LogP contribution in [0.15, 0.2) is 28.2 Å². The van der Waals surface area contributed by atoms with E-state index in [-0.39, 0.29) is 0 Å². The average molecular weight is 187 g/mol. The molecule has 4 heteroatoms. The maximum Gasteiger partial charge on any atom is 0.434 e. The van der Waals surface area contributed by atoms with Gasteiger partial charge in [-0.25, -0.2) is 4.99 Å². The van der Waals surface area contributed by atoms with Gasteiger partial charge in [-0.1, -0.05) is 12.7 Å². The molecule has 0 saturated heterocycles. The highest BCUT2D eigenvalue weighted by molar-refractivity contribution is 6.00. The van der Waals surface area contributed by atoms with Gasteiger partial charge in [-0.05, 0) is 18.6 Å². The van der Waals surface area contributed by atoms with Gasteiger partial charge in [0, 0.05) is 6.08 Å². The highest BCUT2D eigenvalue weighted by Crippen LogP contribution is 2.21. The monoisotopic (exact) mass is 187 g/mol. The zero-order valence-corrected chi connectivity index (χ0v) is 7.07. The van der Waals surface area contributed by atoms with Crippen LogP contribution in [0.25, 0.3) is 0 Å². The first-order chi connectivity index (χ1) is 6.04. The first-order valence-electron chi connectivity index (χ1n) is 3.90. The number of allylic oxidation sites excluding steroid dienone is 2. The van der Waals surface area contributed by atoms with Gasteiger partial charge in [0.25, 0.3) is 0 Å². The van der Waals surface area contributed by atoms with Gasteiger partial charge < -0.3 is 0 Å². The molecule has 0 aliphatic carbocycles. The van der Waals surface area contributed by atoms with Crippen LogP contribution < -0.4 is 0 Å². The van der Waals surface area contributed by atoms with Gasteiger partial charge >= 0.3 is 6.18 Å². The summed E-state index contributed by atoms with van der Waals surface area (Å²) in [7, 11) is 0. The smallest absolute Gasteiger partial charge is 0.239 e. The largest absolute Gasteiger partial charge is 0.434 e. The standard InChI is InChI=1S/C9H8F3N/c1-2-4-7-5-3-6-8(13-7)9(10,11)12/h6H,2,4H2,1H3.